The Morgan fingerprint density at radius 3 is 2.50 bits per heavy atom. The molecule has 2 amide bonds. The first-order chi connectivity index (χ1) is 10.6. The summed E-state index contributed by atoms with van der Waals surface area (Å²) in [6.07, 6.45) is 5.38. The van der Waals surface area contributed by atoms with Gasteiger partial charge in [-0.3, -0.25) is 4.90 Å². The highest BCUT2D eigenvalue weighted by atomic mass is 35.5. The van der Waals surface area contributed by atoms with Gasteiger partial charge in [-0.2, -0.15) is 0 Å². The van der Waals surface area contributed by atoms with Crippen molar-refractivity contribution in [3.8, 4) is 0 Å². The molecule has 0 spiro atoms. The molecule has 3 rings (SSSR count). The summed E-state index contributed by atoms with van der Waals surface area (Å²) >= 11 is 5.95. The van der Waals surface area contributed by atoms with Crippen molar-refractivity contribution < 1.29 is 4.79 Å². The minimum Gasteiger partial charge on any atom is -0.322 e. The third kappa shape index (κ3) is 3.55. The van der Waals surface area contributed by atoms with Crippen LogP contribution in [0, 0.1) is 6.92 Å². The first kappa shape index (κ1) is 15.6. The Labute approximate surface area is 137 Å². The minimum atomic E-state index is -0.00325. The maximum Gasteiger partial charge on any atom is 0.321 e. The smallest absolute Gasteiger partial charge is 0.321 e. The predicted molar refractivity (Wildman–Crippen MR) is 90.6 cm³/mol. The SMILES string of the molecule is Cc1cc(Cl)ccc1NC(=O)N1CCN(C2CCCC2)CC1. The van der Waals surface area contributed by atoms with E-state index in [1.165, 1.54) is 25.7 Å². The maximum atomic E-state index is 12.4. The van der Waals surface area contributed by atoms with E-state index < -0.39 is 0 Å². The lowest BCUT2D eigenvalue weighted by molar-refractivity contribution is 0.115. The fourth-order valence-corrected chi connectivity index (χ4v) is 3.75. The summed E-state index contributed by atoms with van der Waals surface area (Å²) in [4.78, 5) is 16.9. The zero-order valence-electron chi connectivity index (χ0n) is 13.1. The van der Waals surface area contributed by atoms with Gasteiger partial charge in [0.25, 0.3) is 0 Å². The van der Waals surface area contributed by atoms with Gasteiger partial charge in [-0.1, -0.05) is 24.4 Å². The molecule has 2 aliphatic rings. The highest BCUT2D eigenvalue weighted by Gasteiger charge is 2.27. The van der Waals surface area contributed by atoms with Gasteiger partial charge in [-0.25, -0.2) is 4.79 Å². The van der Waals surface area contributed by atoms with Crippen LogP contribution in [-0.4, -0.2) is 48.1 Å². The first-order valence-corrected chi connectivity index (χ1v) is 8.57. The van der Waals surface area contributed by atoms with Crippen LogP contribution in [0.4, 0.5) is 10.5 Å². The Morgan fingerprint density at radius 2 is 1.86 bits per heavy atom. The van der Waals surface area contributed by atoms with E-state index in [2.05, 4.69) is 10.2 Å². The van der Waals surface area contributed by atoms with Crippen LogP contribution in [0.3, 0.4) is 0 Å². The molecule has 1 heterocycles. The van der Waals surface area contributed by atoms with E-state index >= 15 is 0 Å². The number of nitrogens with zero attached hydrogens (tertiary/aromatic N) is 2. The van der Waals surface area contributed by atoms with Crippen molar-refractivity contribution in [2.45, 2.75) is 38.6 Å². The molecular formula is C17H24ClN3O. The molecule has 1 aliphatic heterocycles. The summed E-state index contributed by atoms with van der Waals surface area (Å²) in [5.41, 5.74) is 1.83. The quantitative estimate of drug-likeness (QED) is 0.900. The molecule has 4 nitrogen and oxygen atoms in total. The van der Waals surface area contributed by atoms with Crippen LogP contribution < -0.4 is 5.32 Å². The minimum absolute atomic E-state index is 0.00325. The van der Waals surface area contributed by atoms with Crippen molar-refractivity contribution >= 4 is 23.3 Å². The average Bonchev–Trinajstić information content (AvgIpc) is 3.04. The van der Waals surface area contributed by atoms with Crippen LogP contribution in [-0.2, 0) is 0 Å². The summed E-state index contributed by atoms with van der Waals surface area (Å²) in [6, 6.07) is 6.29. The normalized spacial score (nSPS) is 20.4. The van der Waals surface area contributed by atoms with Gasteiger partial charge >= 0.3 is 6.03 Å². The van der Waals surface area contributed by atoms with Gasteiger partial charge in [-0.05, 0) is 43.5 Å². The predicted octanol–water partition coefficient (Wildman–Crippen LogP) is 3.74. The van der Waals surface area contributed by atoms with Crippen LogP contribution in [0.2, 0.25) is 5.02 Å². The van der Waals surface area contributed by atoms with Crippen molar-refractivity contribution in [2.75, 3.05) is 31.5 Å². The first-order valence-electron chi connectivity index (χ1n) is 8.19. The zero-order chi connectivity index (χ0) is 15.5. The van der Waals surface area contributed by atoms with Gasteiger partial charge in [-0.15, -0.1) is 0 Å². The molecule has 1 saturated carbocycles. The monoisotopic (exact) mass is 321 g/mol. The maximum absolute atomic E-state index is 12.4. The Morgan fingerprint density at radius 1 is 1.18 bits per heavy atom. The van der Waals surface area contributed by atoms with Gasteiger partial charge in [0, 0.05) is 42.9 Å². The summed E-state index contributed by atoms with van der Waals surface area (Å²) in [5, 5.41) is 3.70. The molecule has 120 valence electrons. The number of hydrogen-bond donors (Lipinski definition) is 1. The van der Waals surface area contributed by atoms with Crippen LogP contribution in [0.5, 0.6) is 0 Å². The largest absolute Gasteiger partial charge is 0.322 e. The average molecular weight is 322 g/mol. The summed E-state index contributed by atoms with van der Waals surface area (Å²) in [5.74, 6) is 0. The number of carbonyl (C=O) groups is 1. The molecule has 1 N–H and O–H groups in total. The fourth-order valence-electron chi connectivity index (χ4n) is 3.52. The van der Waals surface area contributed by atoms with Crippen molar-refractivity contribution in [1.29, 1.82) is 0 Å². The third-order valence-corrected chi connectivity index (χ3v) is 5.11. The highest BCUT2D eigenvalue weighted by Crippen LogP contribution is 2.25. The van der Waals surface area contributed by atoms with E-state index in [9.17, 15) is 4.79 Å². The number of piperazine rings is 1. The number of benzene rings is 1. The number of anilines is 1. The van der Waals surface area contributed by atoms with E-state index in [1.807, 2.05) is 30.0 Å². The molecule has 0 unspecified atom stereocenters. The molecule has 22 heavy (non-hydrogen) atoms. The van der Waals surface area contributed by atoms with Gasteiger partial charge < -0.3 is 10.2 Å². The van der Waals surface area contributed by atoms with E-state index in [-0.39, 0.29) is 6.03 Å². The molecule has 1 aromatic carbocycles. The lowest BCUT2D eigenvalue weighted by atomic mass is 10.2. The molecule has 1 saturated heterocycles. The summed E-state index contributed by atoms with van der Waals surface area (Å²) in [6.45, 7) is 5.58. The number of nitrogens with one attached hydrogen (secondary N) is 1. The number of hydrogen-bond acceptors (Lipinski definition) is 2. The third-order valence-electron chi connectivity index (χ3n) is 4.87. The molecule has 0 bridgehead atoms. The highest BCUT2D eigenvalue weighted by molar-refractivity contribution is 6.30. The van der Waals surface area contributed by atoms with Gasteiger partial charge in [0.2, 0.25) is 0 Å². The van der Waals surface area contributed by atoms with Crippen molar-refractivity contribution in [2.24, 2.45) is 0 Å². The second-order valence-electron chi connectivity index (χ2n) is 6.35. The molecule has 0 radical (unpaired) electrons. The van der Waals surface area contributed by atoms with Crippen LogP contribution in [0.15, 0.2) is 18.2 Å². The van der Waals surface area contributed by atoms with Crippen LogP contribution in [0.25, 0.3) is 0 Å². The molecule has 1 aromatic rings. The molecule has 0 atom stereocenters. The number of halogens is 1. The van der Waals surface area contributed by atoms with E-state index in [0.29, 0.717) is 5.02 Å². The standard InChI is InChI=1S/C17H24ClN3O/c1-13-12-14(18)6-7-16(13)19-17(22)21-10-8-20(9-11-21)15-4-2-3-5-15/h6-7,12,15H,2-5,8-11H2,1H3,(H,19,22). The fraction of sp³-hybridized carbons (Fsp3) is 0.588. The van der Waals surface area contributed by atoms with Crippen LogP contribution >= 0.6 is 11.6 Å². The Bertz CT molecular complexity index is 535. The number of amides is 2. The van der Waals surface area contributed by atoms with Gasteiger partial charge in [0.1, 0.15) is 0 Å². The molecule has 2 fully saturated rings. The summed E-state index contributed by atoms with van der Waals surface area (Å²) in [7, 11) is 0. The van der Waals surface area contributed by atoms with Gasteiger partial charge in [0.05, 0.1) is 0 Å². The van der Waals surface area contributed by atoms with E-state index in [1.54, 1.807) is 0 Å². The zero-order valence-corrected chi connectivity index (χ0v) is 13.9. The van der Waals surface area contributed by atoms with Crippen LogP contribution in [0.1, 0.15) is 31.2 Å². The summed E-state index contributed by atoms with van der Waals surface area (Å²) < 4.78 is 0. The molecule has 5 heteroatoms. The van der Waals surface area contributed by atoms with Crippen molar-refractivity contribution in [3.63, 3.8) is 0 Å². The van der Waals surface area contributed by atoms with E-state index in [4.69, 9.17) is 11.6 Å². The van der Waals surface area contributed by atoms with Crippen molar-refractivity contribution in [1.82, 2.24) is 9.80 Å². The number of carbonyl (C=O) groups excluding carboxylic acids is 1. The second-order valence-corrected chi connectivity index (χ2v) is 6.79. The van der Waals surface area contributed by atoms with E-state index in [0.717, 1.165) is 43.5 Å². The molecule has 0 aromatic heterocycles. The molecule has 1 aliphatic carbocycles. The van der Waals surface area contributed by atoms with Gasteiger partial charge in [0.15, 0.2) is 0 Å². The lowest BCUT2D eigenvalue weighted by Crippen LogP contribution is -2.52. The number of aryl methyl sites for hydroxylation is 1. The Balaban J connectivity index is 1.53. The second kappa shape index (κ2) is 6.88. The van der Waals surface area contributed by atoms with Crippen molar-refractivity contribution in [3.05, 3.63) is 28.8 Å². The number of urea groups is 1. The Kier molecular flexibility index (Phi) is 4.89. The Hall–Kier alpha value is -1.26. The molecular weight excluding hydrogens is 298 g/mol. The lowest BCUT2D eigenvalue weighted by Gasteiger charge is -2.38. The number of rotatable bonds is 2. The topological polar surface area (TPSA) is 35.6 Å².